The van der Waals surface area contributed by atoms with Crippen LogP contribution in [0.1, 0.15) is 13.8 Å². The molecule has 0 unspecified atom stereocenters. The highest BCUT2D eigenvalue weighted by molar-refractivity contribution is 9.10. The molecule has 1 saturated heterocycles. The Morgan fingerprint density at radius 1 is 1.48 bits per heavy atom. The molecule has 1 aromatic carbocycles. The van der Waals surface area contributed by atoms with E-state index in [0.29, 0.717) is 25.3 Å². The molecule has 21 heavy (non-hydrogen) atoms. The summed E-state index contributed by atoms with van der Waals surface area (Å²) in [6.07, 6.45) is 0. The summed E-state index contributed by atoms with van der Waals surface area (Å²) in [5, 5.41) is 10.8. The van der Waals surface area contributed by atoms with E-state index >= 15 is 0 Å². The lowest BCUT2D eigenvalue weighted by atomic mass is 10.1. The number of hydrogen-bond acceptors (Lipinski definition) is 4. The van der Waals surface area contributed by atoms with Crippen molar-refractivity contribution in [2.45, 2.75) is 19.9 Å². The van der Waals surface area contributed by atoms with Gasteiger partial charge in [0.1, 0.15) is 0 Å². The predicted molar refractivity (Wildman–Crippen MR) is 79.8 cm³/mol. The van der Waals surface area contributed by atoms with Gasteiger partial charge in [-0.25, -0.2) is 4.39 Å². The molecule has 0 N–H and O–H groups in total. The van der Waals surface area contributed by atoms with Crippen LogP contribution in [0, 0.1) is 15.9 Å². The van der Waals surface area contributed by atoms with Crippen LogP contribution in [0.25, 0.3) is 0 Å². The van der Waals surface area contributed by atoms with Crippen LogP contribution in [0.2, 0.25) is 0 Å². The summed E-state index contributed by atoms with van der Waals surface area (Å²) in [6.45, 7) is 4.89. The van der Waals surface area contributed by atoms with Crippen LogP contribution >= 0.6 is 15.9 Å². The molecule has 114 valence electrons. The number of benzene rings is 1. The summed E-state index contributed by atoms with van der Waals surface area (Å²) in [5.74, 6) is -0.638. The molecule has 1 fully saturated rings. The average molecular weight is 360 g/mol. The van der Waals surface area contributed by atoms with Gasteiger partial charge < -0.3 is 9.80 Å². The summed E-state index contributed by atoms with van der Waals surface area (Å²) in [4.78, 5) is 25.1. The minimum atomic E-state index is -0.632. The maximum absolute atomic E-state index is 14.1. The highest BCUT2D eigenvalue weighted by Gasteiger charge is 2.28. The zero-order valence-electron chi connectivity index (χ0n) is 11.7. The van der Waals surface area contributed by atoms with Crippen molar-refractivity contribution in [3.8, 4) is 0 Å². The van der Waals surface area contributed by atoms with Crippen LogP contribution in [0.15, 0.2) is 16.6 Å². The van der Waals surface area contributed by atoms with Gasteiger partial charge in [0.25, 0.3) is 5.69 Å². The second-order valence-electron chi connectivity index (χ2n) is 5.02. The molecule has 8 heteroatoms. The lowest BCUT2D eigenvalue weighted by Gasteiger charge is -2.40. The fraction of sp³-hybridized carbons (Fsp3) is 0.462. The lowest BCUT2D eigenvalue weighted by molar-refractivity contribution is -0.385. The molecule has 1 aromatic rings. The minimum absolute atomic E-state index is 0.00694. The number of halogens is 2. The number of carbonyl (C=O) groups excluding carboxylic acids is 1. The molecule has 1 atom stereocenters. The van der Waals surface area contributed by atoms with Crippen molar-refractivity contribution in [1.29, 1.82) is 0 Å². The van der Waals surface area contributed by atoms with E-state index in [1.165, 1.54) is 13.0 Å². The molecule has 0 bridgehead atoms. The molecule has 2 rings (SSSR count). The third kappa shape index (κ3) is 3.15. The highest BCUT2D eigenvalue weighted by atomic mass is 79.9. The average Bonchev–Trinajstić information content (AvgIpc) is 2.40. The Hall–Kier alpha value is -1.70. The Morgan fingerprint density at radius 2 is 2.14 bits per heavy atom. The number of nitro groups is 1. The standard InChI is InChI=1S/C13H15BrFN3O3/c1-8-7-16(3-4-17(8)9(2)19)13-5-10(14)12(18(20)21)6-11(13)15/h5-6,8H,3-4,7H2,1-2H3/t8-/m1/s1. The van der Waals surface area contributed by atoms with Crippen molar-refractivity contribution in [2.75, 3.05) is 24.5 Å². The fourth-order valence-corrected chi connectivity index (χ4v) is 3.03. The molecule has 0 aliphatic carbocycles. The minimum Gasteiger partial charge on any atom is -0.365 e. The first-order valence-corrected chi connectivity index (χ1v) is 7.26. The van der Waals surface area contributed by atoms with Crippen LogP contribution in [0.3, 0.4) is 0 Å². The third-order valence-electron chi connectivity index (χ3n) is 3.59. The van der Waals surface area contributed by atoms with Crippen molar-refractivity contribution in [1.82, 2.24) is 4.90 Å². The van der Waals surface area contributed by atoms with Gasteiger partial charge in [-0.1, -0.05) is 0 Å². The predicted octanol–water partition coefficient (Wildman–Crippen LogP) is 2.55. The number of amides is 1. The first-order chi connectivity index (χ1) is 9.81. The molecule has 1 aliphatic heterocycles. The number of nitro benzene ring substituents is 1. The van der Waals surface area contributed by atoms with Gasteiger partial charge in [0.05, 0.1) is 21.1 Å². The second-order valence-corrected chi connectivity index (χ2v) is 5.87. The van der Waals surface area contributed by atoms with Crippen LogP contribution in [-0.2, 0) is 4.79 Å². The van der Waals surface area contributed by atoms with E-state index < -0.39 is 10.7 Å². The Bertz CT molecular complexity index is 596. The lowest BCUT2D eigenvalue weighted by Crippen LogP contribution is -2.53. The summed E-state index contributed by atoms with van der Waals surface area (Å²) < 4.78 is 14.4. The summed E-state index contributed by atoms with van der Waals surface area (Å²) in [7, 11) is 0. The van der Waals surface area contributed by atoms with E-state index in [4.69, 9.17) is 0 Å². The number of piperazine rings is 1. The number of rotatable bonds is 2. The van der Waals surface area contributed by atoms with Gasteiger partial charge in [0.2, 0.25) is 5.91 Å². The molecule has 0 radical (unpaired) electrons. The number of hydrogen-bond donors (Lipinski definition) is 0. The topological polar surface area (TPSA) is 66.7 Å². The van der Waals surface area contributed by atoms with Gasteiger partial charge in [0, 0.05) is 32.6 Å². The third-order valence-corrected chi connectivity index (χ3v) is 4.22. The molecular formula is C13H15BrFN3O3. The summed E-state index contributed by atoms with van der Waals surface area (Å²) >= 11 is 3.10. The summed E-state index contributed by atoms with van der Waals surface area (Å²) in [5.41, 5.74) is 0.00852. The molecule has 1 heterocycles. The first-order valence-electron chi connectivity index (χ1n) is 6.47. The zero-order valence-corrected chi connectivity index (χ0v) is 13.3. The van der Waals surface area contributed by atoms with Crippen molar-refractivity contribution < 1.29 is 14.1 Å². The van der Waals surface area contributed by atoms with Gasteiger partial charge in [-0.2, -0.15) is 0 Å². The van der Waals surface area contributed by atoms with Crippen LogP contribution < -0.4 is 4.90 Å². The molecular weight excluding hydrogens is 345 g/mol. The molecule has 6 nitrogen and oxygen atoms in total. The fourth-order valence-electron chi connectivity index (χ4n) is 2.55. The van der Waals surface area contributed by atoms with Crippen molar-refractivity contribution >= 4 is 33.2 Å². The Labute approximate surface area is 129 Å². The second kappa shape index (κ2) is 5.97. The van der Waals surface area contributed by atoms with Gasteiger partial charge in [-0.3, -0.25) is 14.9 Å². The maximum Gasteiger partial charge on any atom is 0.286 e. The smallest absolute Gasteiger partial charge is 0.286 e. The normalized spacial score (nSPS) is 18.8. The van der Waals surface area contributed by atoms with Crippen LogP contribution in [0.4, 0.5) is 15.8 Å². The van der Waals surface area contributed by atoms with Crippen molar-refractivity contribution in [3.05, 3.63) is 32.5 Å². The molecule has 0 aromatic heterocycles. The van der Waals surface area contributed by atoms with Gasteiger partial charge in [-0.05, 0) is 28.9 Å². The number of carbonyl (C=O) groups is 1. The van der Waals surface area contributed by atoms with Crippen LogP contribution in [-0.4, -0.2) is 41.4 Å². The van der Waals surface area contributed by atoms with E-state index in [0.717, 1.165) is 6.07 Å². The molecule has 0 spiro atoms. The zero-order chi connectivity index (χ0) is 15.7. The number of anilines is 1. The van der Waals surface area contributed by atoms with Gasteiger partial charge in [0.15, 0.2) is 5.82 Å². The van der Waals surface area contributed by atoms with E-state index in [-0.39, 0.29) is 22.1 Å². The Balaban J connectivity index is 2.26. The van der Waals surface area contributed by atoms with Crippen molar-refractivity contribution in [2.24, 2.45) is 0 Å². The molecule has 1 amide bonds. The van der Waals surface area contributed by atoms with E-state index in [1.54, 1.807) is 9.80 Å². The SMILES string of the molecule is CC(=O)N1CCN(c2cc(Br)c([N+](=O)[O-])cc2F)C[C@H]1C. The highest BCUT2D eigenvalue weighted by Crippen LogP contribution is 2.33. The van der Waals surface area contributed by atoms with E-state index in [1.807, 2.05) is 6.92 Å². The Kier molecular flexibility index (Phi) is 4.46. The van der Waals surface area contributed by atoms with Gasteiger partial charge in [-0.15, -0.1) is 0 Å². The van der Waals surface area contributed by atoms with E-state index in [9.17, 15) is 19.3 Å². The monoisotopic (exact) mass is 359 g/mol. The first kappa shape index (κ1) is 15.7. The molecule has 1 aliphatic rings. The van der Waals surface area contributed by atoms with E-state index in [2.05, 4.69) is 15.9 Å². The largest absolute Gasteiger partial charge is 0.365 e. The quantitative estimate of drug-likeness (QED) is 0.601. The Morgan fingerprint density at radius 3 is 2.67 bits per heavy atom. The van der Waals surface area contributed by atoms with Crippen LogP contribution in [0.5, 0.6) is 0 Å². The molecule has 0 saturated carbocycles. The summed E-state index contributed by atoms with van der Waals surface area (Å²) in [6, 6.07) is 2.30. The van der Waals surface area contributed by atoms with Crippen molar-refractivity contribution in [3.63, 3.8) is 0 Å². The number of nitrogens with zero attached hydrogens (tertiary/aromatic N) is 3. The van der Waals surface area contributed by atoms with Gasteiger partial charge >= 0.3 is 0 Å². The maximum atomic E-state index is 14.1.